The molecule has 0 aliphatic carbocycles. The highest BCUT2D eigenvalue weighted by molar-refractivity contribution is 5.92. The molecule has 0 saturated carbocycles. The Balaban J connectivity index is 1.41. The second-order valence-electron chi connectivity index (χ2n) is 7.27. The smallest absolute Gasteiger partial charge is 0.262 e. The van der Waals surface area contributed by atoms with E-state index in [1.807, 2.05) is 55.5 Å². The van der Waals surface area contributed by atoms with E-state index in [0.29, 0.717) is 11.4 Å². The second kappa shape index (κ2) is 7.80. The molecular formula is C24H23N3O2. The average Bonchev–Trinajstić information content (AvgIpc) is 3.11. The van der Waals surface area contributed by atoms with Crippen LogP contribution in [0.5, 0.6) is 5.75 Å². The fourth-order valence-electron chi connectivity index (χ4n) is 3.10. The molecule has 0 fully saturated rings. The van der Waals surface area contributed by atoms with E-state index in [4.69, 9.17) is 4.74 Å². The van der Waals surface area contributed by atoms with Crippen molar-refractivity contribution in [2.75, 3.05) is 11.9 Å². The van der Waals surface area contributed by atoms with E-state index in [1.165, 1.54) is 11.1 Å². The maximum Gasteiger partial charge on any atom is 0.262 e. The van der Waals surface area contributed by atoms with Crippen molar-refractivity contribution < 1.29 is 9.53 Å². The number of imidazole rings is 1. The SMILES string of the molecule is Cc1ccc(OCC(=O)Nc2ccc(-c3nc4cc(C)c(C)cc4[nH]3)cc2)cc1. The summed E-state index contributed by atoms with van der Waals surface area (Å²) < 4.78 is 5.51. The van der Waals surface area contributed by atoms with Crippen molar-refractivity contribution >= 4 is 22.6 Å². The molecular weight excluding hydrogens is 362 g/mol. The van der Waals surface area contributed by atoms with Crippen LogP contribution < -0.4 is 10.1 Å². The first-order valence-electron chi connectivity index (χ1n) is 9.55. The lowest BCUT2D eigenvalue weighted by Gasteiger charge is -2.08. The van der Waals surface area contributed by atoms with Gasteiger partial charge in [-0.15, -0.1) is 0 Å². The Morgan fingerprint density at radius 2 is 1.66 bits per heavy atom. The number of aromatic nitrogens is 2. The highest BCUT2D eigenvalue weighted by Crippen LogP contribution is 2.24. The fraction of sp³-hybridized carbons (Fsp3) is 0.167. The minimum Gasteiger partial charge on any atom is -0.484 e. The van der Waals surface area contributed by atoms with E-state index in [-0.39, 0.29) is 12.5 Å². The van der Waals surface area contributed by atoms with Gasteiger partial charge in [0.05, 0.1) is 11.0 Å². The van der Waals surface area contributed by atoms with Crippen molar-refractivity contribution in [3.63, 3.8) is 0 Å². The number of H-pyrrole nitrogens is 1. The molecule has 0 aliphatic rings. The van der Waals surface area contributed by atoms with Gasteiger partial charge in [-0.2, -0.15) is 0 Å². The number of amides is 1. The average molecular weight is 385 g/mol. The normalized spacial score (nSPS) is 10.9. The number of aromatic amines is 1. The molecule has 5 heteroatoms. The Bertz CT molecular complexity index is 1120. The van der Waals surface area contributed by atoms with Crippen molar-refractivity contribution in [2.45, 2.75) is 20.8 Å². The third kappa shape index (κ3) is 4.29. The third-order valence-electron chi connectivity index (χ3n) is 4.93. The van der Waals surface area contributed by atoms with Crippen molar-refractivity contribution in [2.24, 2.45) is 0 Å². The molecule has 0 saturated heterocycles. The first-order chi connectivity index (χ1) is 14.0. The van der Waals surface area contributed by atoms with Crippen LogP contribution in [0.1, 0.15) is 16.7 Å². The Labute approximate surface area is 169 Å². The molecule has 1 amide bonds. The maximum absolute atomic E-state index is 12.1. The van der Waals surface area contributed by atoms with E-state index in [2.05, 4.69) is 41.3 Å². The van der Waals surface area contributed by atoms with Crippen molar-refractivity contribution in [1.29, 1.82) is 0 Å². The molecule has 1 aromatic heterocycles. The van der Waals surface area contributed by atoms with Crippen molar-refractivity contribution in [3.8, 4) is 17.1 Å². The molecule has 4 aromatic rings. The molecule has 0 aliphatic heterocycles. The lowest BCUT2D eigenvalue weighted by molar-refractivity contribution is -0.118. The zero-order chi connectivity index (χ0) is 20.4. The van der Waals surface area contributed by atoms with E-state index < -0.39 is 0 Å². The zero-order valence-electron chi connectivity index (χ0n) is 16.7. The molecule has 146 valence electrons. The number of aryl methyl sites for hydroxylation is 3. The van der Waals surface area contributed by atoms with E-state index in [9.17, 15) is 4.79 Å². The number of nitrogens with one attached hydrogen (secondary N) is 2. The Kier molecular flexibility index (Phi) is 5.04. The summed E-state index contributed by atoms with van der Waals surface area (Å²) in [7, 11) is 0. The summed E-state index contributed by atoms with van der Waals surface area (Å²) in [6.45, 7) is 6.15. The number of anilines is 1. The first kappa shape index (κ1) is 18.7. The van der Waals surface area contributed by atoms with Gasteiger partial charge in [-0.3, -0.25) is 4.79 Å². The Morgan fingerprint density at radius 1 is 0.966 bits per heavy atom. The minimum atomic E-state index is -0.201. The number of hydrogen-bond donors (Lipinski definition) is 2. The number of carbonyl (C=O) groups excluding carboxylic acids is 1. The molecule has 5 nitrogen and oxygen atoms in total. The maximum atomic E-state index is 12.1. The monoisotopic (exact) mass is 385 g/mol. The molecule has 0 atom stereocenters. The van der Waals surface area contributed by atoms with Crippen LogP contribution in [0.3, 0.4) is 0 Å². The molecule has 3 aromatic carbocycles. The van der Waals surface area contributed by atoms with Gasteiger partial charge in [0, 0.05) is 11.3 Å². The standard InChI is InChI=1S/C24H23N3O2/c1-15-4-10-20(11-5-15)29-14-23(28)25-19-8-6-18(7-9-19)24-26-21-12-16(2)17(3)13-22(21)27-24/h4-13H,14H2,1-3H3,(H,25,28)(H,26,27). The minimum absolute atomic E-state index is 0.0346. The fourth-order valence-corrected chi connectivity index (χ4v) is 3.10. The second-order valence-corrected chi connectivity index (χ2v) is 7.27. The highest BCUT2D eigenvalue weighted by atomic mass is 16.5. The summed E-state index contributed by atoms with van der Waals surface area (Å²) >= 11 is 0. The van der Waals surface area contributed by atoms with Crippen molar-refractivity contribution in [3.05, 3.63) is 77.4 Å². The number of carbonyl (C=O) groups is 1. The van der Waals surface area contributed by atoms with Crippen LogP contribution in [0.4, 0.5) is 5.69 Å². The molecule has 0 spiro atoms. The quantitative estimate of drug-likeness (QED) is 0.498. The van der Waals surface area contributed by atoms with Gasteiger partial charge in [0.2, 0.25) is 0 Å². The highest BCUT2D eigenvalue weighted by Gasteiger charge is 2.08. The summed E-state index contributed by atoms with van der Waals surface area (Å²) in [6, 6.07) is 19.4. The lowest BCUT2D eigenvalue weighted by Crippen LogP contribution is -2.20. The van der Waals surface area contributed by atoms with Gasteiger partial charge >= 0.3 is 0 Å². The van der Waals surface area contributed by atoms with Gasteiger partial charge in [-0.05, 0) is 80.4 Å². The molecule has 29 heavy (non-hydrogen) atoms. The number of benzene rings is 3. The van der Waals surface area contributed by atoms with Crippen LogP contribution >= 0.6 is 0 Å². The van der Waals surface area contributed by atoms with E-state index in [0.717, 1.165) is 28.0 Å². The number of rotatable bonds is 5. The number of nitrogens with zero attached hydrogens (tertiary/aromatic N) is 1. The van der Waals surface area contributed by atoms with Crippen LogP contribution in [0.15, 0.2) is 60.7 Å². The largest absolute Gasteiger partial charge is 0.484 e. The van der Waals surface area contributed by atoms with Crippen LogP contribution in [0.2, 0.25) is 0 Å². The first-order valence-corrected chi connectivity index (χ1v) is 9.55. The predicted molar refractivity (Wildman–Crippen MR) is 116 cm³/mol. The Morgan fingerprint density at radius 3 is 2.38 bits per heavy atom. The molecule has 2 N–H and O–H groups in total. The molecule has 1 heterocycles. The predicted octanol–water partition coefficient (Wildman–Crippen LogP) is 5.17. The van der Waals surface area contributed by atoms with Gasteiger partial charge < -0.3 is 15.0 Å². The molecule has 4 rings (SSSR count). The number of fused-ring (bicyclic) bond motifs is 1. The molecule has 0 unspecified atom stereocenters. The van der Waals surface area contributed by atoms with Crippen LogP contribution in [0, 0.1) is 20.8 Å². The molecule has 0 bridgehead atoms. The topological polar surface area (TPSA) is 67.0 Å². The van der Waals surface area contributed by atoms with Crippen LogP contribution in [-0.2, 0) is 4.79 Å². The van der Waals surface area contributed by atoms with E-state index in [1.54, 1.807) is 0 Å². The number of hydrogen-bond acceptors (Lipinski definition) is 3. The summed E-state index contributed by atoms with van der Waals surface area (Å²) in [4.78, 5) is 20.2. The summed E-state index contributed by atoms with van der Waals surface area (Å²) in [6.07, 6.45) is 0. The van der Waals surface area contributed by atoms with Gasteiger partial charge in [0.15, 0.2) is 6.61 Å². The van der Waals surface area contributed by atoms with Crippen LogP contribution in [0.25, 0.3) is 22.4 Å². The Hall–Kier alpha value is -3.60. The van der Waals surface area contributed by atoms with Gasteiger partial charge in [-0.25, -0.2) is 4.98 Å². The van der Waals surface area contributed by atoms with Gasteiger partial charge in [0.1, 0.15) is 11.6 Å². The lowest BCUT2D eigenvalue weighted by atomic mass is 10.1. The summed E-state index contributed by atoms with van der Waals surface area (Å²) in [5.41, 5.74) is 7.26. The number of ether oxygens (including phenoxy) is 1. The van der Waals surface area contributed by atoms with Gasteiger partial charge in [0.25, 0.3) is 5.91 Å². The molecule has 0 radical (unpaired) electrons. The zero-order valence-corrected chi connectivity index (χ0v) is 16.7. The van der Waals surface area contributed by atoms with Gasteiger partial charge in [-0.1, -0.05) is 17.7 Å². The van der Waals surface area contributed by atoms with E-state index >= 15 is 0 Å². The summed E-state index contributed by atoms with van der Waals surface area (Å²) in [5, 5.41) is 2.85. The van der Waals surface area contributed by atoms with Crippen molar-refractivity contribution in [1.82, 2.24) is 9.97 Å². The summed E-state index contributed by atoms with van der Waals surface area (Å²) in [5.74, 6) is 1.29. The van der Waals surface area contributed by atoms with Crippen LogP contribution in [-0.4, -0.2) is 22.5 Å². The third-order valence-corrected chi connectivity index (χ3v) is 4.93.